The van der Waals surface area contributed by atoms with E-state index in [1.165, 1.54) is 186 Å². The van der Waals surface area contributed by atoms with Gasteiger partial charge in [-0.15, -0.1) is 0 Å². The molecule has 0 aliphatic heterocycles. The van der Waals surface area contributed by atoms with Crippen LogP contribution in [0.5, 0.6) is 0 Å². The smallest absolute Gasteiger partial charge is 0.235 e. The molecule has 2 heteroatoms. The zero-order valence-corrected chi connectivity index (χ0v) is 26.8. The van der Waals surface area contributed by atoms with Crippen LogP contribution in [0, 0.1) is 0 Å². The van der Waals surface area contributed by atoms with Crippen LogP contribution in [-0.2, 0) is 19.5 Å². The van der Waals surface area contributed by atoms with Gasteiger partial charge in [0.25, 0.3) is 5.82 Å². The van der Waals surface area contributed by atoms with E-state index in [0.717, 1.165) is 6.54 Å². The lowest BCUT2D eigenvalue weighted by atomic mass is 10.0. The minimum Gasteiger partial charge on any atom is -0.235 e. The molecular formula is C36H71N2+. The van der Waals surface area contributed by atoms with Gasteiger partial charge in [0.2, 0.25) is 0 Å². The monoisotopic (exact) mass is 532 g/mol. The number of imidazole rings is 1. The molecule has 0 unspecified atom stereocenters. The summed E-state index contributed by atoms with van der Waals surface area (Å²) in [5.41, 5.74) is 0. The van der Waals surface area contributed by atoms with E-state index < -0.39 is 0 Å². The second kappa shape index (κ2) is 27.8. The summed E-state index contributed by atoms with van der Waals surface area (Å²) >= 11 is 0. The summed E-state index contributed by atoms with van der Waals surface area (Å²) in [6.45, 7) is 9.24. The number of hydrogen-bond donors (Lipinski definition) is 0. The first-order chi connectivity index (χ1) is 18.8. The average molecular weight is 532 g/mol. The fraction of sp³-hybridized carbons (Fsp3) is 0.917. The topological polar surface area (TPSA) is 8.81 Å². The maximum Gasteiger partial charge on any atom is 0.256 e. The summed E-state index contributed by atoms with van der Waals surface area (Å²) in [5, 5.41) is 0. The number of hydrogen-bond acceptors (Lipinski definition) is 0. The van der Waals surface area contributed by atoms with Crippen molar-refractivity contribution in [2.75, 3.05) is 0 Å². The van der Waals surface area contributed by atoms with Gasteiger partial charge in [-0.05, 0) is 26.2 Å². The van der Waals surface area contributed by atoms with Crippen LogP contribution < -0.4 is 4.57 Å². The van der Waals surface area contributed by atoms with Gasteiger partial charge < -0.3 is 0 Å². The predicted octanol–water partition coefficient (Wildman–Crippen LogP) is 11.9. The van der Waals surface area contributed by atoms with Crippen LogP contribution >= 0.6 is 0 Å². The third-order valence-electron chi connectivity index (χ3n) is 8.69. The second-order valence-electron chi connectivity index (χ2n) is 12.3. The Morgan fingerprint density at radius 2 is 0.789 bits per heavy atom. The molecule has 224 valence electrons. The van der Waals surface area contributed by atoms with E-state index in [9.17, 15) is 0 Å². The van der Waals surface area contributed by atoms with Crippen molar-refractivity contribution in [2.24, 2.45) is 0 Å². The summed E-state index contributed by atoms with van der Waals surface area (Å²) in [7, 11) is 0. The van der Waals surface area contributed by atoms with Crippen LogP contribution in [0.4, 0.5) is 0 Å². The standard InChI is InChI=1S/C36H71N2/c1-4-7-9-11-13-15-17-19-20-22-24-26-28-30-32-36-37(6-3)34-35-38(36)33-31-29-27-25-23-21-18-16-14-12-10-8-5-2/h34-35H,4-33H2,1-3H3/q+1. The van der Waals surface area contributed by atoms with Gasteiger partial charge in [0.15, 0.2) is 0 Å². The average Bonchev–Trinajstić information content (AvgIpc) is 3.33. The van der Waals surface area contributed by atoms with Crippen molar-refractivity contribution in [1.29, 1.82) is 0 Å². The molecule has 1 aromatic heterocycles. The zero-order chi connectivity index (χ0) is 27.4. The van der Waals surface area contributed by atoms with Crippen molar-refractivity contribution < 1.29 is 4.57 Å². The summed E-state index contributed by atoms with van der Waals surface area (Å²) in [4.78, 5) is 0. The highest BCUT2D eigenvalue weighted by molar-refractivity contribution is 4.83. The first kappa shape index (κ1) is 35.2. The number of unbranched alkanes of at least 4 members (excludes halogenated alkanes) is 25. The van der Waals surface area contributed by atoms with Crippen LogP contribution in [0.2, 0.25) is 0 Å². The third-order valence-corrected chi connectivity index (χ3v) is 8.69. The summed E-state index contributed by atoms with van der Waals surface area (Å²) in [5.74, 6) is 1.57. The fourth-order valence-corrected chi connectivity index (χ4v) is 6.05. The molecule has 0 aliphatic carbocycles. The summed E-state index contributed by atoms with van der Waals surface area (Å²) in [6.07, 6.45) is 44.8. The van der Waals surface area contributed by atoms with E-state index in [0.29, 0.717) is 0 Å². The second-order valence-corrected chi connectivity index (χ2v) is 12.3. The van der Waals surface area contributed by atoms with Crippen molar-refractivity contribution in [3.8, 4) is 0 Å². The van der Waals surface area contributed by atoms with Crippen LogP contribution in [0.1, 0.15) is 200 Å². The minimum absolute atomic E-state index is 1.11. The van der Waals surface area contributed by atoms with Gasteiger partial charge in [0, 0.05) is 6.42 Å². The first-order valence-corrected chi connectivity index (χ1v) is 17.9. The van der Waals surface area contributed by atoms with Crippen LogP contribution in [0.15, 0.2) is 12.4 Å². The Hall–Kier alpha value is -0.790. The lowest BCUT2D eigenvalue weighted by Gasteiger charge is -2.06. The van der Waals surface area contributed by atoms with Crippen molar-refractivity contribution in [1.82, 2.24) is 4.57 Å². The van der Waals surface area contributed by atoms with Gasteiger partial charge in [0.05, 0.1) is 13.1 Å². The molecule has 0 spiro atoms. The maximum atomic E-state index is 2.57. The lowest BCUT2D eigenvalue weighted by Crippen LogP contribution is -2.37. The molecule has 38 heavy (non-hydrogen) atoms. The van der Waals surface area contributed by atoms with Crippen molar-refractivity contribution in [3.63, 3.8) is 0 Å². The van der Waals surface area contributed by atoms with E-state index >= 15 is 0 Å². The maximum absolute atomic E-state index is 2.57. The molecule has 0 aromatic carbocycles. The Morgan fingerprint density at radius 3 is 1.16 bits per heavy atom. The highest BCUT2D eigenvalue weighted by Crippen LogP contribution is 2.15. The fourth-order valence-electron chi connectivity index (χ4n) is 6.05. The molecular weight excluding hydrogens is 460 g/mol. The highest BCUT2D eigenvalue weighted by Gasteiger charge is 2.15. The summed E-state index contributed by atoms with van der Waals surface area (Å²) in [6, 6.07) is 0. The molecule has 0 saturated carbocycles. The van der Waals surface area contributed by atoms with Gasteiger partial charge in [-0.3, -0.25) is 0 Å². The Morgan fingerprint density at radius 1 is 0.447 bits per heavy atom. The molecule has 1 heterocycles. The van der Waals surface area contributed by atoms with Gasteiger partial charge in [-0.2, -0.15) is 0 Å². The molecule has 1 rings (SSSR count). The largest absolute Gasteiger partial charge is 0.256 e. The van der Waals surface area contributed by atoms with Crippen LogP contribution in [0.3, 0.4) is 0 Å². The Labute approximate surface area is 240 Å². The number of aryl methyl sites for hydroxylation is 2. The van der Waals surface area contributed by atoms with E-state index in [1.807, 2.05) is 0 Å². The molecule has 2 nitrogen and oxygen atoms in total. The molecule has 0 radical (unpaired) electrons. The number of nitrogens with zero attached hydrogens (tertiary/aromatic N) is 2. The van der Waals surface area contributed by atoms with E-state index in [-0.39, 0.29) is 0 Å². The van der Waals surface area contributed by atoms with E-state index in [4.69, 9.17) is 0 Å². The number of rotatable bonds is 30. The summed E-state index contributed by atoms with van der Waals surface area (Å²) < 4.78 is 5.06. The third kappa shape index (κ3) is 20.2. The molecule has 0 N–H and O–H groups in total. The quantitative estimate of drug-likeness (QED) is 0.0689. The Kier molecular flexibility index (Phi) is 25.7. The molecule has 0 aliphatic rings. The number of aromatic nitrogens is 2. The molecule has 1 aromatic rings. The van der Waals surface area contributed by atoms with Gasteiger partial charge >= 0.3 is 0 Å². The highest BCUT2D eigenvalue weighted by atomic mass is 15.1. The lowest BCUT2D eigenvalue weighted by molar-refractivity contribution is -0.704. The van der Waals surface area contributed by atoms with E-state index in [2.05, 4.69) is 42.3 Å². The van der Waals surface area contributed by atoms with Crippen molar-refractivity contribution in [2.45, 2.75) is 214 Å². The molecule has 0 saturated heterocycles. The Balaban J connectivity index is 2.00. The normalized spacial score (nSPS) is 11.6. The van der Waals surface area contributed by atoms with E-state index in [1.54, 1.807) is 5.82 Å². The SMILES string of the molecule is CCCCCCCCCCCCCCCCc1n(CC)cc[n+]1CCCCCCCCCCCCCCC. The molecule has 0 amide bonds. The van der Waals surface area contributed by atoms with Crippen LogP contribution in [0.25, 0.3) is 0 Å². The Bertz CT molecular complexity index is 590. The van der Waals surface area contributed by atoms with Gasteiger partial charge in [-0.1, -0.05) is 168 Å². The van der Waals surface area contributed by atoms with Gasteiger partial charge in [-0.25, -0.2) is 9.13 Å². The van der Waals surface area contributed by atoms with Gasteiger partial charge in [0.1, 0.15) is 12.4 Å². The molecule has 0 bridgehead atoms. The van der Waals surface area contributed by atoms with Crippen molar-refractivity contribution >= 4 is 0 Å². The van der Waals surface area contributed by atoms with Crippen molar-refractivity contribution in [3.05, 3.63) is 18.2 Å². The first-order valence-electron chi connectivity index (χ1n) is 17.9. The molecule has 0 fully saturated rings. The predicted molar refractivity (Wildman–Crippen MR) is 170 cm³/mol. The zero-order valence-electron chi connectivity index (χ0n) is 26.8. The van der Waals surface area contributed by atoms with Crippen LogP contribution in [-0.4, -0.2) is 4.57 Å². The minimum atomic E-state index is 1.11. The molecule has 0 atom stereocenters.